The Morgan fingerprint density at radius 1 is 1.15 bits per heavy atom. The van der Waals surface area contributed by atoms with Gasteiger partial charge in [0.15, 0.2) is 0 Å². The summed E-state index contributed by atoms with van der Waals surface area (Å²) < 4.78 is 0. The van der Waals surface area contributed by atoms with Gasteiger partial charge in [0.05, 0.1) is 6.10 Å². The summed E-state index contributed by atoms with van der Waals surface area (Å²) in [6.07, 6.45) is 2.06. The highest BCUT2D eigenvalue weighted by Gasteiger charge is 2.19. The average molecular weight is 368 g/mol. The summed E-state index contributed by atoms with van der Waals surface area (Å²) in [5.74, 6) is 1.08. The van der Waals surface area contributed by atoms with Gasteiger partial charge < -0.3 is 20.2 Å². The van der Waals surface area contributed by atoms with Crippen LogP contribution in [0, 0.1) is 0 Å². The minimum atomic E-state index is -0.409. The molecule has 144 valence electrons. The van der Waals surface area contributed by atoms with Crippen molar-refractivity contribution in [2.45, 2.75) is 26.0 Å². The van der Waals surface area contributed by atoms with Gasteiger partial charge in [0.2, 0.25) is 5.91 Å². The summed E-state index contributed by atoms with van der Waals surface area (Å²) in [5.41, 5.74) is 2.28. The van der Waals surface area contributed by atoms with Crippen molar-refractivity contribution in [3.8, 4) is 0 Å². The fraction of sp³-hybridized carbons (Fsp3) is 0.429. The zero-order chi connectivity index (χ0) is 19.1. The highest BCUT2D eigenvalue weighted by Crippen LogP contribution is 2.15. The number of amides is 1. The lowest BCUT2D eigenvalue weighted by Gasteiger charge is -2.35. The summed E-state index contributed by atoms with van der Waals surface area (Å²) in [6.45, 7) is 5.94. The van der Waals surface area contributed by atoms with Crippen molar-refractivity contribution in [3.05, 3.63) is 59.8 Å². The first kappa shape index (κ1) is 19.3. The molecule has 1 aromatic heterocycles. The van der Waals surface area contributed by atoms with Crippen LogP contribution >= 0.6 is 0 Å². The number of rotatable bonds is 7. The summed E-state index contributed by atoms with van der Waals surface area (Å²) in [6, 6.07) is 14.1. The Morgan fingerprint density at radius 2 is 1.89 bits per heavy atom. The number of benzene rings is 1. The predicted molar refractivity (Wildman–Crippen MR) is 107 cm³/mol. The van der Waals surface area contributed by atoms with Gasteiger partial charge in [-0.25, -0.2) is 4.98 Å². The summed E-state index contributed by atoms with van der Waals surface area (Å²) in [5, 5.41) is 13.5. The standard InChI is InChI=1S/C21H28N4O2/c1-17(26)24-9-11-25(12-10-24)21-14-19(7-8-23-21)15-22-16-20(27)13-18-5-3-2-4-6-18/h2-8,14,20,22,27H,9-13,15-16H2,1H3. The van der Waals surface area contributed by atoms with E-state index < -0.39 is 6.10 Å². The van der Waals surface area contributed by atoms with Crippen molar-refractivity contribution in [1.82, 2.24) is 15.2 Å². The molecule has 3 rings (SSSR count). The zero-order valence-corrected chi connectivity index (χ0v) is 15.8. The van der Waals surface area contributed by atoms with E-state index >= 15 is 0 Å². The highest BCUT2D eigenvalue weighted by molar-refractivity contribution is 5.73. The fourth-order valence-corrected chi connectivity index (χ4v) is 3.34. The number of hydrogen-bond acceptors (Lipinski definition) is 5. The van der Waals surface area contributed by atoms with E-state index in [-0.39, 0.29) is 5.91 Å². The van der Waals surface area contributed by atoms with E-state index in [1.807, 2.05) is 47.5 Å². The molecule has 6 heteroatoms. The minimum Gasteiger partial charge on any atom is -0.391 e. The third kappa shape index (κ3) is 5.77. The van der Waals surface area contributed by atoms with E-state index in [1.54, 1.807) is 6.92 Å². The minimum absolute atomic E-state index is 0.134. The molecule has 0 aliphatic carbocycles. The van der Waals surface area contributed by atoms with Crippen LogP contribution in [-0.4, -0.2) is 59.7 Å². The Balaban J connectivity index is 1.46. The normalized spacial score (nSPS) is 15.6. The second kappa shape index (κ2) is 9.48. The molecule has 1 amide bonds. The van der Waals surface area contributed by atoms with Gasteiger partial charge >= 0.3 is 0 Å². The number of aliphatic hydroxyl groups excluding tert-OH is 1. The number of hydrogen-bond donors (Lipinski definition) is 2. The number of aliphatic hydroxyl groups is 1. The molecule has 1 aliphatic rings. The van der Waals surface area contributed by atoms with Crippen LogP contribution < -0.4 is 10.2 Å². The van der Waals surface area contributed by atoms with Gasteiger partial charge in [0, 0.05) is 52.4 Å². The molecule has 0 spiro atoms. The third-order valence-corrected chi connectivity index (χ3v) is 4.88. The number of pyridine rings is 1. The van der Waals surface area contributed by atoms with Gasteiger partial charge in [-0.1, -0.05) is 30.3 Å². The van der Waals surface area contributed by atoms with Crippen LogP contribution in [0.3, 0.4) is 0 Å². The molecule has 0 saturated carbocycles. The topological polar surface area (TPSA) is 68.7 Å². The van der Waals surface area contributed by atoms with Crippen LogP contribution in [0.5, 0.6) is 0 Å². The van der Waals surface area contributed by atoms with Crippen molar-refractivity contribution in [2.24, 2.45) is 0 Å². The molecule has 1 fully saturated rings. The van der Waals surface area contributed by atoms with E-state index in [2.05, 4.69) is 21.3 Å². The van der Waals surface area contributed by atoms with Crippen molar-refractivity contribution >= 4 is 11.7 Å². The highest BCUT2D eigenvalue weighted by atomic mass is 16.3. The van der Waals surface area contributed by atoms with Gasteiger partial charge in [0.25, 0.3) is 0 Å². The number of carbonyl (C=O) groups is 1. The Morgan fingerprint density at radius 3 is 2.59 bits per heavy atom. The number of carbonyl (C=O) groups excluding carboxylic acids is 1. The molecular formula is C21H28N4O2. The molecule has 2 heterocycles. The lowest BCUT2D eigenvalue weighted by Crippen LogP contribution is -2.48. The number of nitrogens with one attached hydrogen (secondary N) is 1. The second-order valence-electron chi connectivity index (χ2n) is 6.99. The Bertz CT molecular complexity index is 730. The van der Waals surface area contributed by atoms with Crippen molar-refractivity contribution in [3.63, 3.8) is 0 Å². The van der Waals surface area contributed by atoms with E-state index in [4.69, 9.17) is 0 Å². The molecule has 0 bridgehead atoms. The van der Waals surface area contributed by atoms with Crippen LogP contribution in [0.15, 0.2) is 48.7 Å². The van der Waals surface area contributed by atoms with E-state index in [1.165, 1.54) is 0 Å². The molecular weight excluding hydrogens is 340 g/mol. The first-order valence-corrected chi connectivity index (χ1v) is 9.50. The van der Waals surface area contributed by atoms with Crippen LogP contribution in [-0.2, 0) is 17.8 Å². The smallest absolute Gasteiger partial charge is 0.219 e. The van der Waals surface area contributed by atoms with Gasteiger partial charge in [-0.2, -0.15) is 0 Å². The van der Waals surface area contributed by atoms with E-state index in [9.17, 15) is 9.90 Å². The maximum absolute atomic E-state index is 11.4. The monoisotopic (exact) mass is 368 g/mol. The van der Waals surface area contributed by atoms with Crippen LogP contribution in [0.2, 0.25) is 0 Å². The average Bonchev–Trinajstić information content (AvgIpc) is 2.69. The molecule has 27 heavy (non-hydrogen) atoms. The molecule has 2 N–H and O–H groups in total. The molecule has 1 aliphatic heterocycles. The van der Waals surface area contributed by atoms with Gasteiger partial charge in [-0.3, -0.25) is 4.79 Å². The Hall–Kier alpha value is -2.44. The lowest BCUT2D eigenvalue weighted by atomic mass is 10.1. The fourth-order valence-electron chi connectivity index (χ4n) is 3.34. The largest absolute Gasteiger partial charge is 0.391 e. The van der Waals surface area contributed by atoms with E-state index in [0.717, 1.165) is 43.1 Å². The van der Waals surface area contributed by atoms with Crippen molar-refractivity contribution in [1.29, 1.82) is 0 Å². The number of nitrogens with zero attached hydrogens (tertiary/aromatic N) is 3. The first-order valence-electron chi connectivity index (χ1n) is 9.50. The summed E-state index contributed by atoms with van der Waals surface area (Å²) >= 11 is 0. The lowest BCUT2D eigenvalue weighted by molar-refractivity contribution is -0.129. The number of aromatic nitrogens is 1. The summed E-state index contributed by atoms with van der Waals surface area (Å²) in [7, 11) is 0. The summed E-state index contributed by atoms with van der Waals surface area (Å²) in [4.78, 5) is 20.0. The molecule has 6 nitrogen and oxygen atoms in total. The maximum Gasteiger partial charge on any atom is 0.219 e. The van der Waals surface area contributed by atoms with Crippen LogP contribution in [0.4, 0.5) is 5.82 Å². The molecule has 1 unspecified atom stereocenters. The molecule has 1 atom stereocenters. The molecule has 1 aromatic carbocycles. The van der Waals surface area contributed by atoms with Gasteiger partial charge in [0.1, 0.15) is 5.82 Å². The maximum atomic E-state index is 11.4. The van der Waals surface area contributed by atoms with Gasteiger partial charge in [-0.15, -0.1) is 0 Å². The third-order valence-electron chi connectivity index (χ3n) is 4.88. The first-order chi connectivity index (χ1) is 13.1. The van der Waals surface area contributed by atoms with E-state index in [0.29, 0.717) is 19.5 Å². The van der Waals surface area contributed by atoms with Gasteiger partial charge in [-0.05, 0) is 29.7 Å². The molecule has 2 aromatic rings. The SMILES string of the molecule is CC(=O)N1CCN(c2cc(CNCC(O)Cc3ccccc3)ccn2)CC1. The molecule has 0 radical (unpaired) electrons. The predicted octanol–water partition coefficient (Wildman–Crippen LogP) is 1.44. The number of piperazine rings is 1. The Labute approximate surface area is 160 Å². The Kier molecular flexibility index (Phi) is 6.79. The zero-order valence-electron chi connectivity index (χ0n) is 15.8. The van der Waals surface area contributed by atoms with Crippen LogP contribution in [0.1, 0.15) is 18.1 Å². The number of anilines is 1. The quantitative estimate of drug-likeness (QED) is 0.774. The molecule has 1 saturated heterocycles. The van der Waals surface area contributed by atoms with Crippen molar-refractivity contribution < 1.29 is 9.90 Å². The van der Waals surface area contributed by atoms with Crippen LogP contribution in [0.25, 0.3) is 0 Å². The second-order valence-corrected chi connectivity index (χ2v) is 6.99. The van der Waals surface area contributed by atoms with Crippen molar-refractivity contribution in [2.75, 3.05) is 37.6 Å².